The normalized spacial score (nSPS) is 5.33. The summed E-state index contributed by atoms with van der Waals surface area (Å²) >= 11 is 0. The zero-order chi connectivity index (χ0) is 4.24. The minimum absolute atomic E-state index is 1.75. The van der Waals surface area contributed by atoms with Gasteiger partial charge in [-0.3, -0.25) is 0 Å². The third-order valence-corrected chi connectivity index (χ3v) is 0.566. The van der Waals surface area contributed by atoms with Crippen LogP contribution in [0.2, 0.25) is 0 Å². The van der Waals surface area contributed by atoms with Crippen LogP contribution in [0.4, 0.5) is 0 Å². The monoisotopic (exact) mass is 71.0 g/mol. The summed E-state index contributed by atoms with van der Waals surface area (Å²) in [7, 11) is 0. The quantitative estimate of drug-likeness (QED) is 0.359. The molecule has 1 aromatic rings. The molecule has 0 unspecified atom stereocenters. The molecule has 0 aromatic carbocycles. The average Bonchev–Trinajstić information content (AvgIpc) is 1.72. The van der Waals surface area contributed by atoms with Crippen LogP contribution in [-0.4, -0.2) is 32.0 Å². The molecule has 0 fully saturated rings. The Morgan fingerprint density at radius 2 is 2.33 bits per heavy atom. The summed E-state index contributed by atoms with van der Waals surface area (Å²) in [4.78, 5) is 3.78. The molecule has 0 saturated carbocycles. The fraction of sp³-hybridized carbons (Fsp3) is 0. The van der Waals surface area contributed by atoms with Crippen LogP contribution in [0.15, 0.2) is 6.09 Å². The number of nitrogens with zero attached hydrogens (tertiary/aromatic N) is 1. The first-order valence-corrected chi connectivity index (χ1v) is 1.85. The fourth-order valence-corrected chi connectivity index (χ4v) is 0.313. The molecule has 0 spiro atoms. The van der Waals surface area contributed by atoms with Gasteiger partial charge in [0.1, 0.15) is 0 Å². The van der Waals surface area contributed by atoms with Gasteiger partial charge in [-0.05, 0) is 0 Å². The second-order valence-corrected chi connectivity index (χ2v) is 1.02. The molecule has 0 saturated heterocycles. The predicted molar refractivity (Wildman–Crippen MR) is 29.6 cm³/mol. The molecule has 1 nitrogen and oxygen atoms in total. The van der Waals surface area contributed by atoms with Gasteiger partial charge in [0.25, 0.3) is 0 Å². The molecule has 0 N–H and O–H groups in total. The molecule has 0 bridgehead atoms. The van der Waals surface area contributed by atoms with E-state index in [0.717, 1.165) is 0 Å². The van der Waals surface area contributed by atoms with Crippen LogP contribution >= 0.6 is 0 Å². The van der Waals surface area contributed by atoms with Gasteiger partial charge in [-0.25, -0.2) is 0 Å². The van der Waals surface area contributed by atoms with E-state index in [4.69, 9.17) is 0 Å². The number of hydrogen-bond donors (Lipinski definition) is 0. The summed E-state index contributed by atoms with van der Waals surface area (Å²) < 4.78 is 0. The van der Waals surface area contributed by atoms with E-state index in [-0.39, 0.29) is 0 Å². The zero-order valence-electron chi connectivity index (χ0n) is 3.33. The Morgan fingerprint density at radius 3 is 2.50 bits per heavy atom. The molecule has 0 aliphatic rings. The number of rotatable bonds is 0. The van der Waals surface area contributed by atoms with Crippen LogP contribution in [0.3, 0.4) is 0 Å². The van der Waals surface area contributed by atoms with E-state index in [1.165, 1.54) is 0 Å². The van der Waals surface area contributed by atoms with E-state index in [2.05, 4.69) is 4.89 Å². The molecular formula is CHB4N. The molecule has 0 amide bonds. The van der Waals surface area contributed by atoms with Gasteiger partial charge in [0.2, 0.25) is 0 Å². The van der Waals surface area contributed by atoms with Gasteiger partial charge in [-0.15, -0.1) is 0 Å². The van der Waals surface area contributed by atoms with E-state index < -0.39 is 0 Å². The second-order valence-electron chi connectivity index (χ2n) is 1.02. The first-order chi connectivity index (χ1) is 3.00. The SMILES string of the molecule is b1bbncb1. The number of aromatic nitrogens is 1. The Kier molecular flexibility index (Phi) is 1.48. The Bertz CT molecular complexity index is 79.5. The first-order valence-electron chi connectivity index (χ1n) is 1.85. The van der Waals surface area contributed by atoms with Crippen molar-refractivity contribution in [2.45, 2.75) is 0 Å². The molecule has 0 aliphatic heterocycles. The van der Waals surface area contributed by atoms with Crippen LogP contribution in [0.1, 0.15) is 0 Å². The molecule has 1 rings (SSSR count). The first kappa shape index (κ1) is 4.10. The third-order valence-electron chi connectivity index (χ3n) is 0.566. The Morgan fingerprint density at radius 1 is 1.33 bits per heavy atom. The maximum atomic E-state index is 3.78. The summed E-state index contributed by atoms with van der Waals surface area (Å²) in [6.45, 7) is 7.47. The van der Waals surface area contributed by atoms with Crippen molar-refractivity contribution in [1.29, 1.82) is 0 Å². The van der Waals surface area contributed by atoms with Crippen molar-refractivity contribution in [3.63, 3.8) is 0 Å². The van der Waals surface area contributed by atoms with Gasteiger partial charge < -0.3 is 0 Å². The molecule has 0 atom stereocenters. The Hall–Kier alpha value is -0.0703. The summed E-state index contributed by atoms with van der Waals surface area (Å²) in [5.41, 5.74) is 0. The zero-order valence-corrected chi connectivity index (χ0v) is 3.33. The van der Waals surface area contributed by atoms with Gasteiger partial charge in [-0.2, -0.15) is 0 Å². The average molecular weight is 70.3 g/mol. The Balaban J connectivity index is 3.00. The van der Waals surface area contributed by atoms with Crippen molar-refractivity contribution in [2.75, 3.05) is 0 Å². The van der Waals surface area contributed by atoms with Crippen molar-refractivity contribution in [3.8, 4) is 0 Å². The molecule has 0 radical (unpaired) electrons. The van der Waals surface area contributed by atoms with Crippen LogP contribution in [0.25, 0.3) is 0 Å². The molecule has 1 aromatic heterocycles. The van der Waals surface area contributed by atoms with E-state index in [0.29, 0.717) is 0 Å². The molecule has 5 heteroatoms. The summed E-state index contributed by atoms with van der Waals surface area (Å²) in [6, 6.07) is 0. The fourth-order valence-electron chi connectivity index (χ4n) is 0.313. The van der Waals surface area contributed by atoms with Gasteiger partial charge in [0, 0.05) is 0 Å². The standard InChI is InChI=1S/CHB4N/c1-2-3-4-5-6-1/h1H. The van der Waals surface area contributed by atoms with E-state index in [1.54, 1.807) is 13.0 Å². The predicted octanol–water partition coefficient (Wildman–Crippen LogP) is -1.57. The molecule has 6 heavy (non-hydrogen) atoms. The van der Waals surface area contributed by atoms with Crippen LogP contribution < -0.4 is 0 Å². The van der Waals surface area contributed by atoms with E-state index in [9.17, 15) is 0 Å². The van der Waals surface area contributed by atoms with E-state index >= 15 is 0 Å². The van der Waals surface area contributed by atoms with Crippen molar-refractivity contribution in [3.05, 3.63) is 6.09 Å². The molecule has 1 heterocycles. The maximum absolute atomic E-state index is 3.78. The van der Waals surface area contributed by atoms with Gasteiger partial charge >= 0.3 is 38.1 Å². The third kappa shape index (κ3) is 0.959. The van der Waals surface area contributed by atoms with Crippen molar-refractivity contribution in [2.24, 2.45) is 0 Å². The van der Waals surface area contributed by atoms with Crippen molar-refractivity contribution in [1.82, 2.24) is 4.89 Å². The van der Waals surface area contributed by atoms with Gasteiger partial charge in [-0.1, -0.05) is 0 Å². The van der Waals surface area contributed by atoms with Crippen molar-refractivity contribution >= 4 is 27.1 Å². The Labute approximate surface area is 39.0 Å². The summed E-state index contributed by atoms with van der Waals surface area (Å²) in [5.74, 6) is 0. The summed E-state index contributed by atoms with van der Waals surface area (Å²) in [5, 5.41) is 0. The molecule has 0 aliphatic carbocycles. The van der Waals surface area contributed by atoms with Gasteiger partial charge in [0.15, 0.2) is 0 Å². The van der Waals surface area contributed by atoms with Crippen LogP contribution in [0, 0.1) is 0 Å². The van der Waals surface area contributed by atoms with Crippen LogP contribution in [0.5, 0.6) is 0 Å². The molecule has 22 valence electrons. The number of hydrogen-bond acceptors (Lipinski definition) is 1. The topological polar surface area (TPSA) is 12.9 Å². The second kappa shape index (κ2) is 2.17. The molecular weight excluding hydrogens is 69.3 g/mol. The van der Waals surface area contributed by atoms with Gasteiger partial charge in [0.05, 0.1) is 0 Å². The van der Waals surface area contributed by atoms with Crippen LogP contribution in [-0.2, 0) is 0 Å². The summed E-state index contributed by atoms with van der Waals surface area (Å²) in [6.07, 6.45) is 1.75. The van der Waals surface area contributed by atoms with E-state index in [1.807, 2.05) is 20.2 Å². The minimum atomic E-state index is 1.75. The van der Waals surface area contributed by atoms with Crippen molar-refractivity contribution < 1.29 is 0 Å².